The van der Waals surface area contributed by atoms with Crippen LogP contribution in [0.3, 0.4) is 0 Å². The number of pyridine rings is 1. The highest BCUT2D eigenvalue weighted by Crippen LogP contribution is 2.24. The van der Waals surface area contributed by atoms with E-state index in [1.165, 1.54) is 22.4 Å². The van der Waals surface area contributed by atoms with Crippen molar-refractivity contribution in [1.29, 1.82) is 0 Å². The van der Waals surface area contributed by atoms with Gasteiger partial charge in [0, 0.05) is 42.7 Å². The minimum absolute atomic E-state index is 0.886. The molecular weight excluding hydrogens is 308 g/mol. The van der Waals surface area contributed by atoms with Crippen LogP contribution < -0.4 is 0 Å². The number of rotatable bonds is 3. The van der Waals surface area contributed by atoms with Crippen LogP contribution in [0.5, 0.6) is 0 Å². The van der Waals surface area contributed by atoms with Gasteiger partial charge in [0.15, 0.2) is 0 Å². The van der Waals surface area contributed by atoms with E-state index < -0.39 is 0 Å². The summed E-state index contributed by atoms with van der Waals surface area (Å²) in [5.41, 5.74) is 9.57. The van der Waals surface area contributed by atoms with Gasteiger partial charge < -0.3 is 4.40 Å². The second kappa shape index (κ2) is 5.88. The Balaban J connectivity index is 1.82. The molecule has 0 amide bonds. The molecule has 4 aromatic rings. The average Bonchev–Trinajstić information content (AvgIpc) is 3.14. The fraction of sp³-hybridized carbons (Fsp3) is 0.238. The van der Waals surface area contributed by atoms with Gasteiger partial charge in [-0.1, -0.05) is 23.8 Å². The van der Waals surface area contributed by atoms with Gasteiger partial charge in [0.1, 0.15) is 5.65 Å². The van der Waals surface area contributed by atoms with E-state index in [1.807, 2.05) is 24.1 Å². The minimum atomic E-state index is 0.886. The summed E-state index contributed by atoms with van der Waals surface area (Å²) in [6, 6.07) is 10.8. The van der Waals surface area contributed by atoms with Crippen molar-refractivity contribution < 1.29 is 0 Å². The summed E-state index contributed by atoms with van der Waals surface area (Å²) < 4.78 is 4.05. The molecule has 126 valence electrons. The predicted molar refractivity (Wildman–Crippen MR) is 101 cm³/mol. The maximum absolute atomic E-state index is 4.74. The van der Waals surface area contributed by atoms with Gasteiger partial charge in [-0.25, -0.2) is 4.98 Å². The van der Waals surface area contributed by atoms with Crippen LogP contribution in [-0.4, -0.2) is 19.2 Å². The normalized spacial score (nSPS) is 11.4. The lowest BCUT2D eigenvalue weighted by Gasteiger charge is -2.09. The molecule has 0 spiro atoms. The van der Waals surface area contributed by atoms with Crippen molar-refractivity contribution in [2.45, 2.75) is 27.2 Å². The minimum Gasteiger partial charge on any atom is -0.303 e. The van der Waals surface area contributed by atoms with Crippen LogP contribution in [0, 0.1) is 20.8 Å². The SMILES string of the molecule is Cc1ccc(C)c(Cc2c(C)nc3ccc(-c4cnn(C)c4)cn23)c1. The van der Waals surface area contributed by atoms with Gasteiger partial charge in [-0.15, -0.1) is 0 Å². The van der Waals surface area contributed by atoms with E-state index >= 15 is 0 Å². The predicted octanol–water partition coefficient (Wildman–Crippen LogP) is 4.25. The smallest absolute Gasteiger partial charge is 0.137 e. The van der Waals surface area contributed by atoms with E-state index in [-0.39, 0.29) is 0 Å². The van der Waals surface area contributed by atoms with Gasteiger partial charge in [0.25, 0.3) is 0 Å². The monoisotopic (exact) mass is 330 g/mol. The summed E-state index contributed by atoms with van der Waals surface area (Å²) in [6.45, 7) is 6.41. The lowest BCUT2D eigenvalue weighted by molar-refractivity contribution is 0.768. The Hall–Kier alpha value is -2.88. The Morgan fingerprint density at radius 3 is 2.56 bits per heavy atom. The molecule has 3 heterocycles. The van der Waals surface area contributed by atoms with Gasteiger partial charge in [-0.3, -0.25) is 4.68 Å². The molecule has 0 aliphatic heterocycles. The third-order valence-electron chi connectivity index (χ3n) is 4.82. The number of imidazole rings is 1. The van der Waals surface area contributed by atoms with Crippen LogP contribution in [0.1, 0.15) is 28.1 Å². The van der Waals surface area contributed by atoms with Crippen molar-refractivity contribution in [2.75, 3.05) is 0 Å². The van der Waals surface area contributed by atoms with E-state index in [0.717, 1.165) is 28.9 Å². The zero-order chi connectivity index (χ0) is 17.6. The first-order valence-electron chi connectivity index (χ1n) is 8.54. The summed E-state index contributed by atoms with van der Waals surface area (Å²) in [5, 5.41) is 4.28. The zero-order valence-corrected chi connectivity index (χ0v) is 15.1. The van der Waals surface area contributed by atoms with Gasteiger partial charge in [-0.05, 0) is 44.0 Å². The van der Waals surface area contributed by atoms with Crippen molar-refractivity contribution in [1.82, 2.24) is 19.2 Å². The van der Waals surface area contributed by atoms with Crippen molar-refractivity contribution in [3.05, 3.63) is 77.0 Å². The van der Waals surface area contributed by atoms with Crippen molar-refractivity contribution >= 4 is 5.65 Å². The first-order chi connectivity index (χ1) is 12.0. The maximum Gasteiger partial charge on any atom is 0.137 e. The topological polar surface area (TPSA) is 35.1 Å². The molecule has 0 saturated carbocycles. The third-order valence-corrected chi connectivity index (χ3v) is 4.82. The van der Waals surface area contributed by atoms with E-state index in [4.69, 9.17) is 4.98 Å². The van der Waals surface area contributed by atoms with Crippen LogP contribution in [0.2, 0.25) is 0 Å². The molecule has 0 saturated heterocycles. The molecule has 25 heavy (non-hydrogen) atoms. The molecule has 0 aliphatic carbocycles. The van der Waals surface area contributed by atoms with E-state index in [1.54, 1.807) is 0 Å². The number of nitrogens with zero attached hydrogens (tertiary/aromatic N) is 4. The summed E-state index contributed by atoms with van der Waals surface area (Å²) in [4.78, 5) is 4.74. The second-order valence-electron chi connectivity index (χ2n) is 6.80. The van der Waals surface area contributed by atoms with Gasteiger partial charge in [0.2, 0.25) is 0 Å². The van der Waals surface area contributed by atoms with Gasteiger partial charge in [-0.2, -0.15) is 5.10 Å². The average molecular weight is 330 g/mol. The number of aryl methyl sites for hydroxylation is 4. The Labute approximate surface area is 147 Å². The lowest BCUT2D eigenvalue weighted by atomic mass is 10.0. The zero-order valence-electron chi connectivity index (χ0n) is 15.1. The van der Waals surface area contributed by atoms with Crippen LogP contribution in [0.25, 0.3) is 16.8 Å². The Bertz CT molecular complexity index is 1070. The highest BCUT2D eigenvalue weighted by molar-refractivity contribution is 5.63. The highest BCUT2D eigenvalue weighted by atomic mass is 15.2. The largest absolute Gasteiger partial charge is 0.303 e. The molecule has 0 fully saturated rings. The molecular formula is C21H22N4. The van der Waals surface area contributed by atoms with Crippen molar-refractivity contribution in [3.8, 4) is 11.1 Å². The molecule has 0 radical (unpaired) electrons. The lowest BCUT2D eigenvalue weighted by Crippen LogP contribution is -1.99. The molecule has 4 nitrogen and oxygen atoms in total. The van der Waals surface area contributed by atoms with Gasteiger partial charge >= 0.3 is 0 Å². The first kappa shape index (κ1) is 15.6. The van der Waals surface area contributed by atoms with Crippen LogP contribution in [0.15, 0.2) is 48.9 Å². The maximum atomic E-state index is 4.74. The summed E-state index contributed by atoms with van der Waals surface area (Å²) in [7, 11) is 1.94. The van der Waals surface area contributed by atoms with Crippen LogP contribution in [0.4, 0.5) is 0 Å². The number of benzene rings is 1. The quantitative estimate of drug-likeness (QED) is 0.563. The molecule has 0 unspecified atom stereocenters. The van der Waals surface area contributed by atoms with E-state index in [9.17, 15) is 0 Å². The number of hydrogen-bond acceptors (Lipinski definition) is 2. The molecule has 1 aromatic carbocycles. The van der Waals surface area contributed by atoms with Crippen LogP contribution >= 0.6 is 0 Å². The molecule has 0 bridgehead atoms. The Morgan fingerprint density at radius 2 is 1.80 bits per heavy atom. The number of fused-ring (bicyclic) bond motifs is 1. The second-order valence-corrected chi connectivity index (χ2v) is 6.80. The first-order valence-corrected chi connectivity index (χ1v) is 8.54. The Kier molecular flexibility index (Phi) is 3.68. The summed E-state index contributed by atoms with van der Waals surface area (Å²) in [5.74, 6) is 0. The molecule has 3 aromatic heterocycles. The number of hydrogen-bond donors (Lipinski definition) is 0. The fourth-order valence-corrected chi connectivity index (χ4v) is 3.34. The fourth-order valence-electron chi connectivity index (χ4n) is 3.34. The van der Waals surface area contributed by atoms with E-state index in [0.29, 0.717) is 0 Å². The molecule has 4 rings (SSSR count). The molecule has 0 atom stereocenters. The highest BCUT2D eigenvalue weighted by Gasteiger charge is 2.12. The van der Waals surface area contributed by atoms with Crippen LogP contribution in [-0.2, 0) is 13.5 Å². The Morgan fingerprint density at radius 1 is 0.960 bits per heavy atom. The van der Waals surface area contributed by atoms with Crippen molar-refractivity contribution in [3.63, 3.8) is 0 Å². The third kappa shape index (κ3) is 2.84. The molecule has 0 aliphatic rings. The van der Waals surface area contributed by atoms with Crippen molar-refractivity contribution in [2.24, 2.45) is 7.05 Å². The molecule has 4 heteroatoms. The van der Waals surface area contributed by atoms with E-state index in [2.05, 4.69) is 66.8 Å². The summed E-state index contributed by atoms with van der Waals surface area (Å²) in [6.07, 6.45) is 6.99. The molecule has 0 N–H and O–H groups in total. The standard InChI is InChI=1S/C21H22N4/c1-14-5-6-15(2)18(9-14)10-20-16(3)23-21-8-7-17(13-25(20)21)19-11-22-24(4)12-19/h5-9,11-13H,10H2,1-4H3. The van der Waals surface area contributed by atoms with Gasteiger partial charge in [0.05, 0.1) is 11.9 Å². The number of aromatic nitrogens is 4. The summed E-state index contributed by atoms with van der Waals surface area (Å²) >= 11 is 0.